The van der Waals surface area contributed by atoms with Crippen molar-refractivity contribution in [2.45, 2.75) is 19.8 Å². The van der Waals surface area contributed by atoms with Crippen molar-refractivity contribution in [3.63, 3.8) is 0 Å². The highest BCUT2D eigenvalue weighted by Crippen LogP contribution is 2.19. The number of hydrogen-bond donors (Lipinski definition) is 1. The Hall–Kier alpha value is -2.04. The van der Waals surface area contributed by atoms with Crippen molar-refractivity contribution in [3.05, 3.63) is 29.8 Å². The molecule has 0 bridgehead atoms. The van der Waals surface area contributed by atoms with Crippen molar-refractivity contribution >= 4 is 11.7 Å². The second-order valence-corrected chi connectivity index (χ2v) is 3.58. The smallest absolute Gasteiger partial charge is 0.356 e. The van der Waals surface area contributed by atoms with Crippen LogP contribution in [0, 0.1) is 0 Å². The second-order valence-electron chi connectivity index (χ2n) is 3.58. The highest BCUT2D eigenvalue weighted by molar-refractivity contribution is 6.36. The zero-order chi connectivity index (χ0) is 13.4. The number of para-hydroxylation sites is 1. The van der Waals surface area contributed by atoms with Crippen LogP contribution in [0.15, 0.2) is 29.4 Å². The lowest BCUT2D eigenvalue weighted by molar-refractivity contribution is -0.135. The van der Waals surface area contributed by atoms with Gasteiger partial charge in [-0.1, -0.05) is 23.4 Å². The van der Waals surface area contributed by atoms with E-state index in [0.717, 1.165) is 11.3 Å². The zero-order valence-electron chi connectivity index (χ0n) is 10.5. The number of methoxy groups -OCH3 is 1. The number of rotatable bonds is 6. The standard InChI is InChI=1S/C13H17NO4/c1-3-18-13(15)11(14-16)9-8-10-6-4-5-7-12(10)17-2/h4-7,16H,3,8-9H2,1-2H3/b14-11+. The fourth-order valence-electron chi connectivity index (χ4n) is 1.57. The number of hydrogen-bond acceptors (Lipinski definition) is 5. The number of nitrogens with zero attached hydrogens (tertiary/aromatic N) is 1. The van der Waals surface area contributed by atoms with Gasteiger partial charge in [-0.05, 0) is 25.0 Å². The SMILES string of the molecule is CCOC(=O)/C(CCc1ccccc1OC)=N/O. The molecule has 0 heterocycles. The Morgan fingerprint density at radius 3 is 2.72 bits per heavy atom. The van der Waals surface area contributed by atoms with Gasteiger partial charge in [0, 0.05) is 6.42 Å². The van der Waals surface area contributed by atoms with Crippen molar-refractivity contribution in [2.24, 2.45) is 5.16 Å². The molecule has 1 rings (SSSR count). The summed E-state index contributed by atoms with van der Waals surface area (Å²) in [6, 6.07) is 7.50. The van der Waals surface area contributed by atoms with Gasteiger partial charge in [-0.15, -0.1) is 0 Å². The van der Waals surface area contributed by atoms with Crippen LogP contribution in [0.25, 0.3) is 0 Å². The quantitative estimate of drug-likeness (QED) is 0.363. The predicted octanol–water partition coefficient (Wildman–Crippen LogP) is 2.02. The number of carbonyl (C=O) groups excluding carboxylic acids is 1. The molecule has 0 saturated heterocycles. The number of esters is 1. The third-order valence-corrected chi connectivity index (χ3v) is 2.46. The average molecular weight is 251 g/mol. The van der Waals surface area contributed by atoms with Crippen LogP contribution in [0.4, 0.5) is 0 Å². The van der Waals surface area contributed by atoms with Crippen LogP contribution in [0.5, 0.6) is 5.75 Å². The molecule has 1 N–H and O–H groups in total. The van der Waals surface area contributed by atoms with Crippen LogP contribution >= 0.6 is 0 Å². The van der Waals surface area contributed by atoms with Gasteiger partial charge in [-0.2, -0.15) is 0 Å². The normalized spacial score (nSPS) is 11.1. The van der Waals surface area contributed by atoms with Gasteiger partial charge < -0.3 is 14.7 Å². The topological polar surface area (TPSA) is 68.1 Å². The molecule has 0 unspecified atom stereocenters. The van der Waals surface area contributed by atoms with Gasteiger partial charge >= 0.3 is 5.97 Å². The summed E-state index contributed by atoms with van der Waals surface area (Å²) in [4.78, 5) is 11.4. The molecule has 0 atom stereocenters. The maximum Gasteiger partial charge on any atom is 0.356 e. The number of ether oxygens (including phenoxy) is 2. The minimum absolute atomic E-state index is 0.0164. The Balaban J connectivity index is 2.66. The van der Waals surface area contributed by atoms with Crippen LogP contribution in [0.3, 0.4) is 0 Å². The highest BCUT2D eigenvalue weighted by Gasteiger charge is 2.14. The summed E-state index contributed by atoms with van der Waals surface area (Å²) >= 11 is 0. The largest absolute Gasteiger partial charge is 0.496 e. The van der Waals surface area contributed by atoms with Crippen molar-refractivity contribution < 1.29 is 19.5 Å². The molecule has 1 aromatic carbocycles. The summed E-state index contributed by atoms with van der Waals surface area (Å²) in [5, 5.41) is 11.8. The van der Waals surface area contributed by atoms with Crippen molar-refractivity contribution in [2.75, 3.05) is 13.7 Å². The van der Waals surface area contributed by atoms with E-state index in [1.54, 1.807) is 14.0 Å². The van der Waals surface area contributed by atoms with Gasteiger partial charge in [0.15, 0.2) is 5.71 Å². The van der Waals surface area contributed by atoms with E-state index in [2.05, 4.69) is 5.16 Å². The molecule has 98 valence electrons. The average Bonchev–Trinajstić information content (AvgIpc) is 2.40. The molecular weight excluding hydrogens is 234 g/mol. The minimum Gasteiger partial charge on any atom is -0.496 e. The summed E-state index contributed by atoms with van der Waals surface area (Å²) in [6.07, 6.45) is 0.845. The summed E-state index contributed by atoms with van der Waals surface area (Å²) in [6.45, 7) is 1.96. The first-order valence-corrected chi connectivity index (χ1v) is 5.72. The third kappa shape index (κ3) is 3.76. The lowest BCUT2D eigenvalue weighted by Gasteiger charge is -2.08. The Morgan fingerprint density at radius 1 is 1.39 bits per heavy atom. The van der Waals surface area contributed by atoms with Gasteiger partial charge in [0.1, 0.15) is 5.75 Å². The maximum absolute atomic E-state index is 11.4. The number of carbonyl (C=O) groups is 1. The van der Waals surface area contributed by atoms with E-state index >= 15 is 0 Å². The minimum atomic E-state index is -0.588. The maximum atomic E-state index is 11.4. The highest BCUT2D eigenvalue weighted by atomic mass is 16.5. The Labute approximate surface area is 106 Å². The Morgan fingerprint density at radius 2 is 2.11 bits per heavy atom. The summed E-state index contributed by atoms with van der Waals surface area (Å²) in [5.41, 5.74) is 0.966. The van der Waals surface area contributed by atoms with Crippen LogP contribution in [0.2, 0.25) is 0 Å². The van der Waals surface area contributed by atoms with Crippen LogP contribution in [-0.4, -0.2) is 30.6 Å². The lowest BCUT2D eigenvalue weighted by Crippen LogP contribution is -2.18. The molecule has 5 heteroatoms. The molecular formula is C13H17NO4. The van der Waals surface area contributed by atoms with Gasteiger partial charge in [-0.3, -0.25) is 0 Å². The number of aryl methyl sites for hydroxylation is 1. The number of oxime groups is 1. The van der Waals surface area contributed by atoms with E-state index in [1.165, 1.54) is 0 Å². The van der Waals surface area contributed by atoms with E-state index in [-0.39, 0.29) is 12.3 Å². The van der Waals surface area contributed by atoms with Crippen molar-refractivity contribution in [3.8, 4) is 5.75 Å². The monoisotopic (exact) mass is 251 g/mol. The third-order valence-electron chi connectivity index (χ3n) is 2.46. The van der Waals surface area contributed by atoms with Crippen LogP contribution in [0.1, 0.15) is 18.9 Å². The summed E-state index contributed by atoms with van der Waals surface area (Å²) in [7, 11) is 1.59. The molecule has 0 aliphatic rings. The molecule has 0 aliphatic carbocycles. The van der Waals surface area contributed by atoms with E-state index in [1.807, 2.05) is 24.3 Å². The van der Waals surface area contributed by atoms with Crippen molar-refractivity contribution in [1.29, 1.82) is 0 Å². The first-order valence-electron chi connectivity index (χ1n) is 5.72. The lowest BCUT2D eigenvalue weighted by atomic mass is 10.1. The van der Waals surface area contributed by atoms with Gasteiger partial charge in [-0.25, -0.2) is 4.79 Å². The van der Waals surface area contributed by atoms with E-state index < -0.39 is 5.97 Å². The molecule has 0 radical (unpaired) electrons. The van der Waals surface area contributed by atoms with E-state index in [4.69, 9.17) is 14.7 Å². The van der Waals surface area contributed by atoms with Gasteiger partial charge in [0.25, 0.3) is 0 Å². The van der Waals surface area contributed by atoms with Gasteiger partial charge in [0.05, 0.1) is 13.7 Å². The summed E-state index contributed by atoms with van der Waals surface area (Å²) in [5.74, 6) is 0.161. The summed E-state index contributed by atoms with van der Waals surface area (Å²) < 4.78 is 9.98. The van der Waals surface area contributed by atoms with Crippen LogP contribution < -0.4 is 4.74 Å². The van der Waals surface area contributed by atoms with Gasteiger partial charge in [0.2, 0.25) is 0 Å². The molecule has 0 aliphatic heterocycles. The molecule has 18 heavy (non-hydrogen) atoms. The molecule has 0 aromatic heterocycles. The molecule has 0 fully saturated rings. The molecule has 1 aromatic rings. The van der Waals surface area contributed by atoms with Crippen molar-refractivity contribution in [1.82, 2.24) is 0 Å². The van der Waals surface area contributed by atoms with E-state index in [9.17, 15) is 4.79 Å². The fraction of sp³-hybridized carbons (Fsp3) is 0.385. The Kier molecular flexibility index (Phi) is 5.70. The molecule has 0 saturated carbocycles. The van der Waals surface area contributed by atoms with Crippen LogP contribution in [-0.2, 0) is 16.0 Å². The van der Waals surface area contributed by atoms with E-state index in [0.29, 0.717) is 12.8 Å². The number of benzene rings is 1. The molecule has 5 nitrogen and oxygen atoms in total. The Bertz CT molecular complexity index is 429. The second kappa shape index (κ2) is 7.32. The molecule has 0 spiro atoms. The predicted molar refractivity (Wildman–Crippen MR) is 67.2 cm³/mol. The fourth-order valence-corrected chi connectivity index (χ4v) is 1.57. The first-order chi connectivity index (χ1) is 8.72. The molecule has 0 amide bonds. The first kappa shape index (κ1) is 14.0. The zero-order valence-corrected chi connectivity index (χ0v) is 10.5.